The Bertz CT molecular complexity index is 544. The Kier molecular flexibility index (Phi) is 5.45. The van der Waals surface area contributed by atoms with Gasteiger partial charge in [-0.3, -0.25) is 9.59 Å². The molecule has 2 N–H and O–H groups in total. The van der Waals surface area contributed by atoms with E-state index in [2.05, 4.69) is 5.32 Å². The van der Waals surface area contributed by atoms with Crippen molar-refractivity contribution in [3.05, 3.63) is 28.2 Å². The van der Waals surface area contributed by atoms with Crippen LogP contribution < -0.4 is 5.32 Å². The Morgan fingerprint density at radius 1 is 1.38 bits per heavy atom. The molecule has 1 heterocycles. The first-order valence-corrected chi connectivity index (χ1v) is 7.32. The van der Waals surface area contributed by atoms with Crippen LogP contribution in [0.2, 0.25) is 10.0 Å². The number of hydrogen-bond donors (Lipinski definition) is 2. The summed E-state index contributed by atoms with van der Waals surface area (Å²) < 4.78 is 5.45. The van der Waals surface area contributed by atoms with Gasteiger partial charge in [-0.05, 0) is 31.0 Å². The van der Waals surface area contributed by atoms with Crippen molar-refractivity contribution in [2.45, 2.75) is 25.4 Å². The summed E-state index contributed by atoms with van der Waals surface area (Å²) >= 11 is 11.7. The fraction of sp³-hybridized carbons (Fsp3) is 0.429. The zero-order valence-corrected chi connectivity index (χ0v) is 12.7. The molecule has 21 heavy (non-hydrogen) atoms. The summed E-state index contributed by atoms with van der Waals surface area (Å²) in [5, 5.41) is 12.3. The highest BCUT2D eigenvalue weighted by Gasteiger charge is 2.33. The van der Waals surface area contributed by atoms with Crippen LogP contribution in [0.3, 0.4) is 0 Å². The van der Waals surface area contributed by atoms with Crippen molar-refractivity contribution in [2.24, 2.45) is 5.92 Å². The monoisotopic (exact) mass is 331 g/mol. The maximum atomic E-state index is 12.3. The van der Waals surface area contributed by atoms with Gasteiger partial charge in [-0.25, -0.2) is 0 Å². The SMILES string of the molecule is O=C(O)C[C@H](C(=O)Nc1ccc(Cl)c(Cl)c1)[C@H]1CCCO1. The molecule has 0 aromatic heterocycles. The van der Waals surface area contributed by atoms with Gasteiger partial charge in [0, 0.05) is 12.3 Å². The first kappa shape index (κ1) is 16.1. The second-order valence-electron chi connectivity index (χ2n) is 4.87. The summed E-state index contributed by atoms with van der Waals surface area (Å²) in [6, 6.07) is 4.70. The average molecular weight is 332 g/mol. The van der Waals surface area contributed by atoms with Gasteiger partial charge in [-0.15, -0.1) is 0 Å². The zero-order chi connectivity index (χ0) is 15.4. The molecule has 1 aliphatic heterocycles. The quantitative estimate of drug-likeness (QED) is 0.868. The summed E-state index contributed by atoms with van der Waals surface area (Å²) in [6.07, 6.45) is 0.898. The molecule has 2 rings (SSSR count). The molecule has 1 amide bonds. The van der Waals surface area contributed by atoms with Crippen molar-refractivity contribution in [1.82, 2.24) is 0 Å². The third-order valence-electron chi connectivity index (χ3n) is 3.33. The van der Waals surface area contributed by atoms with Gasteiger partial charge in [-0.2, -0.15) is 0 Å². The van der Waals surface area contributed by atoms with E-state index in [1.807, 2.05) is 0 Å². The summed E-state index contributed by atoms with van der Waals surface area (Å²) in [7, 11) is 0. The maximum Gasteiger partial charge on any atom is 0.304 e. The van der Waals surface area contributed by atoms with Gasteiger partial charge >= 0.3 is 5.97 Å². The third-order valence-corrected chi connectivity index (χ3v) is 4.07. The number of carbonyl (C=O) groups is 2. The fourth-order valence-corrected chi connectivity index (χ4v) is 2.61. The van der Waals surface area contributed by atoms with Crippen LogP contribution in [0, 0.1) is 5.92 Å². The average Bonchev–Trinajstić information content (AvgIpc) is 2.93. The second kappa shape index (κ2) is 7.11. The molecule has 0 aliphatic carbocycles. The first-order valence-electron chi connectivity index (χ1n) is 6.56. The van der Waals surface area contributed by atoms with E-state index in [1.165, 1.54) is 6.07 Å². The zero-order valence-electron chi connectivity index (χ0n) is 11.1. The molecule has 1 fully saturated rings. The fourth-order valence-electron chi connectivity index (χ4n) is 2.31. The molecule has 0 radical (unpaired) electrons. The molecule has 1 aromatic rings. The van der Waals surface area contributed by atoms with E-state index in [-0.39, 0.29) is 18.4 Å². The minimum Gasteiger partial charge on any atom is -0.481 e. The van der Waals surface area contributed by atoms with Crippen LogP contribution in [-0.2, 0) is 14.3 Å². The molecule has 0 spiro atoms. The van der Waals surface area contributed by atoms with Crippen LogP contribution in [0.15, 0.2) is 18.2 Å². The highest BCUT2D eigenvalue weighted by atomic mass is 35.5. The lowest BCUT2D eigenvalue weighted by molar-refractivity contribution is -0.142. The minimum absolute atomic E-state index is 0.266. The van der Waals surface area contributed by atoms with Crippen LogP contribution in [0.25, 0.3) is 0 Å². The first-order chi connectivity index (χ1) is 9.97. The van der Waals surface area contributed by atoms with Crippen molar-refractivity contribution in [3.8, 4) is 0 Å². The number of aliphatic carboxylic acids is 1. The third kappa shape index (κ3) is 4.33. The number of ether oxygens (including phenoxy) is 1. The number of halogens is 2. The van der Waals surface area contributed by atoms with Gasteiger partial charge in [0.15, 0.2) is 0 Å². The van der Waals surface area contributed by atoms with Gasteiger partial charge in [0.25, 0.3) is 0 Å². The Morgan fingerprint density at radius 3 is 2.71 bits per heavy atom. The van der Waals surface area contributed by atoms with E-state index in [0.29, 0.717) is 28.8 Å². The molecule has 1 aromatic carbocycles. The maximum absolute atomic E-state index is 12.3. The van der Waals surface area contributed by atoms with Gasteiger partial charge in [-0.1, -0.05) is 23.2 Å². The van der Waals surface area contributed by atoms with E-state index < -0.39 is 11.9 Å². The van der Waals surface area contributed by atoms with E-state index in [9.17, 15) is 9.59 Å². The topological polar surface area (TPSA) is 75.6 Å². The van der Waals surface area contributed by atoms with Crippen molar-refractivity contribution >= 4 is 40.8 Å². The van der Waals surface area contributed by atoms with Crippen molar-refractivity contribution in [1.29, 1.82) is 0 Å². The van der Waals surface area contributed by atoms with Crippen LogP contribution in [0.4, 0.5) is 5.69 Å². The number of hydrogen-bond acceptors (Lipinski definition) is 3. The number of nitrogens with one attached hydrogen (secondary N) is 1. The Hall–Kier alpha value is -1.30. The molecule has 5 nitrogen and oxygen atoms in total. The van der Waals surface area contributed by atoms with Crippen LogP contribution in [-0.4, -0.2) is 29.7 Å². The van der Waals surface area contributed by atoms with Crippen LogP contribution in [0.1, 0.15) is 19.3 Å². The van der Waals surface area contributed by atoms with Gasteiger partial charge < -0.3 is 15.2 Å². The van der Waals surface area contributed by atoms with Crippen LogP contribution in [0.5, 0.6) is 0 Å². The molecule has 2 atom stereocenters. The number of benzene rings is 1. The van der Waals surface area contributed by atoms with Gasteiger partial charge in [0.2, 0.25) is 5.91 Å². The number of carboxylic acids is 1. The normalized spacial score (nSPS) is 19.2. The molecule has 114 valence electrons. The molecule has 7 heteroatoms. The van der Waals surface area contributed by atoms with Crippen molar-refractivity contribution in [2.75, 3.05) is 11.9 Å². The minimum atomic E-state index is -1.03. The van der Waals surface area contributed by atoms with Gasteiger partial charge in [0.1, 0.15) is 0 Å². The Labute approximate surface area is 132 Å². The lowest BCUT2D eigenvalue weighted by atomic mass is 9.95. The number of amides is 1. The molecule has 0 saturated carbocycles. The van der Waals surface area contributed by atoms with Crippen molar-refractivity contribution in [3.63, 3.8) is 0 Å². The smallest absolute Gasteiger partial charge is 0.304 e. The van der Waals surface area contributed by atoms with E-state index in [4.69, 9.17) is 33.0 Å². The van der Waals surface area contributed by atoms with Crippen LogP contribution >= 0.6 is 23.2 Å². The van der Waals surface area contributed by atoms with Gasteiger partial charge in [0.05, 0.1) is 28.5 Å². The summed E-state index contributed by atoms with van der Waals surface area (Å²) in [4.78, 5) is 23.2. The predicted molar refractivity (Wildman–Crippen MR) is 79.8 cm³/mol. The van der Waals surface area contributed by atoms with E-state index in [1.54, 1.807) is 12.1 Å². The molecule has 0 bridgehead atoms. The summed E-state index contributed by atoms with van der Waals surface area (Å²) in [5.74, 6) is -2.14. The van der Waals surface area contributed by atoms with E-state index >= 15 is 0 Å². The predicted octanol–water partition coefficient (Wildman–Crippen LogP) is 3.20. The molecule has 1 saturated heterocycles. The largest absolute Gasteiger partial charge is 0.481 e. The highest BCUT2D eigenvalue weighted by Crippen LogP contribution is 2.27. The summed E-state index contributed by atoms with van der Waals surface area (Å²) in [5.41, 5.74) is 0.475. The molecular weight excluding hydrogens is 317 g/mol. The van der Waals surface area contributed by atoms with E-state index in [0.717, 1.165) is 6.42 Å². The number of rotatable bonds is 5. The molecule has 0 unspecified atom stereocenters. The number of carboxylic acid groups (broad SMARTS) is 1. The second-order valence-corrected chi connectivity index (χ2v) is 5.69. The molecular formula is C14H15Cl2NO4. The summed E-state index contributed by atoms with van der Waals surface area (Å²) in [6.45, 7) is 0.556. The lowest BCUT2D eigenvalue weighted by Crippen LogP contribution is -2.34. The number of carbonyl (C=O) groups excluding carboxylic acids is 1. The molecule has 1 aliphatic rings. The Balaban J connectivity index is 2.09. The lowest BCUT2D eigenvalue weighted by Gasteiger charge is -2.20. The van der Waals surface area contributed by atoms with Crippen molar-refractivity contribution < 1.29 is 19.4 Å². The number of anilines is 1. The highest BCUT2D eigenvalue weighted by molar-refractivity contribution is 6.42. The Morgan fingerprint density at radius 2 is 2.14 bits per heavy atom. The standard InChI is InChI=1S/C14H15Cl2NO4/c15-10-4-3-8(6-11(10)16)17-14(20)9(7-13(18)19)12-2-1-5-21-12/h3-4,6,9,12H,1-2,5,7H2,(H,17,20)(H,18,19)/t9-,12+/m0/s1.